The molecule has 0 aliphatic carbocycles. The van der Waals surface area contributed by atoms with Gasteiger partial charge in [0, 0.05) is 35.7 Å². The molecule has 0 atom stereocenters. The fraction of sp³-hybridized carbons (Fsp3) is 0.0667. The molecule has 5 heteroatoms. The summed E-state index contributed by atoms with van der Waals surface area (Å²) in [6, 6.07) is 8.17. The summed E-state index contributed by atoms with van der Waals surface area (Å²) in [6.45, 7) is 1.86. The highest BCUT2D eigenvalue weighted by Crippen LogP contribution is 2.27. The summed E-state index contributed by atoms with van der Waals surface area (Å²) in [5, 5.41) is 6.57. The minimum atomic E-state index is 0.619. The van der Waals surface area contributed by atoms with E-state index >= 15 is 0 Å². The molecule has 0 N–H and O–H groups in total. The van der Waals surface area contributed by atoms with E-state index < -0.39 is 0 Å². The number of fused-ring (bicyclic) bond motifs is 2. The molecule has 0 radical (unpaired) electrons. The zero-order valence-corrected chi connectivity index (χ0v) is 10.9. The van der Waals surface area contributed by atoms with Gasteiger partial charge in [-0.15, -0.1) is 0 Å². The van der Waals surface area contributed by atoms with E-state index in [-0.39, 0.29) is 0 Å². The van der Waals surface area contributed by atoms with Gasteiger partial charge in [-0.05, 0) is 23.9 Å². The minimum absolute atomic E-state index is 0.619. The number of benzene rings is 1. The van der Waals surface area contributed by atoms with Gasteiger partial charge in [-0.1, -0.05) is 18.2 Å². The van der Waals surface area contributed by atoms with E-state index in [4.69, 9.17) is 0 Å². The first-order valence-corrected chi connectivity index (χ1v) is 6.33. The summed E-state index contributed by atoms with van der Waals surface area (Å²) in [5.74, 6) is 1.34. The Kier molecular flexibility index (Phi) is 2.26. The molecule has 0 bridgehead atoms. The summed E-state index contributed by atoms with van der Waals surface area (Å²) in [5.41, 5.74) is 2.13. The molecule has 0 saturated heterocycles. The SMILES string of the molecule is Cc1nc2ncc(-c3cccc4cnccc34)cn2n1. The molecule has 4 aromatic rings. The molecule has 0 unspecified atom stereocenters. The lowest BCUT2D eigenvalue weighted by molar-refractivity contribution is 0.918. The quantitative estimate of drug-likeness (QED) is 0.528. The van der Waals surface area contributed by atoms with E-state index in [0.29, 0.717) is 5.78 Å². The molecule has 0 aliphatic heterocycles. The second kappa shape index (κ2) is 4.09. The van der Waals surface area contributed by atoms with Crippen LogP contribution in [0.3, 0.4) is 0 Å². The number of hydrogen-bond acceptors (Lipinski definition) is 4. The topological polar surface area (TPSA) is 56.0 Å². The second-order valence-corrected chi connectivity index (χ2v) is 4.65. The van der Waals surface area contributed by atoms with Crippen LogP contribution in [0.15, 0.2) is 49.1 Å². The molecule has 3 aromatic heterocycles. The smallest absolute Gasteiger partial charge is 0.252 e. The number of hydrogen-bond donors (Lipinski definition) is 0. The van der Waals surface area contributed by atoms with Crippen LogP contribution in [0.4, 0.5) is 0 Å². The van der Waals surface area contributed by atoms with E-state index in [0.717, 1.165) is 27.7 Å². The highest BCUT2D eigenvalue weighted by Gasteiger charge is 2.07. The third-order valence-corrected chi connectivity index (χ3v) is 3.29. The van der Waals surface area contributed by atoms with E-state index in [2.05, 4.69) is 32.2 Å². The van der Waals surface area contributed by atoms with Crippen molar-refractivity contribution in [2.24, 2.45) is 0 Å². The second-order valence-electron chi connectivity index (χ2n) is 4.65. The molecule has 0 spiro atoms. The van der Waals surface area contributed by atoms with Crippen molar-refractivity contribution in [2.45, 2.75) is 6.92 Å². The van der Waals surface area contributed by atoms with Crippen LogP contribution in [0.1, 0.15) is 5.82 Å². The van der Waals surface area contributed by atoms with Crippen molar-refractivity contribution >= 4 is 16.6 Å². The van der Waals surface area contributed by atoms with Crippen LogP contribution in [0.25, 0.3) is 27.7 Å². The monoisotopic (exact) mass is 261 g/mol. The Labute approximate surface area is 115 Å². The molecular formula is C15H11N5. The Hall–Kier alpha value is -2.82. The summed E-state index contributed by atoms with van der Waals surface area (Å²) in [4.78, 5) is 12.8. The number of aromatic nitrogens is 5. The summed E-state index contributed by atoms with van der Waals surface area (Å²) in [6.07, 6.45) is 7.46. The van der Waals surface area contributed by atoms with Gasteiger partial charge in [-0.3, -0.25) is 4.98 Å². The Balaban J connectivity index is 2.00. The van der Waals surface area contributed by atoms with Crippen LogP contribution < -0.4 is 0 Å². The van der Waals surface area contributed by atoms with Gasteiger partial charge in [0.25, 0.3) is 5.78 Å². The van der Waals surface area contributed by atoms with Crippen LogP contribution >= 0.6 is 0 Å². The molecule has 1 aromatic carbocycles. The third-order valence-electron chi connectivity index (χ3n) is 3.29. The van der Waals surface area contributed by atoms with Crippen molar-refractivity contribution < 1.29 is 0 Å². The summed E-state index contributed by atoms with van der Waals surface area (Å²) >= 11 is 0. The molecule has 20 heavy (non-hydrogen) atoms. The van der Waals surface area contributed by atoms with Crippen molar-refractivity contribution in [1.29, 1.82) is 0 Å². The maximum absolute atomic E-state index is 4.36. The average molecular weight is 261 g/mol. The van der Waals surface area contributed by atoms with Crippen LogP contribution in [0.5, 0.6) is 0 Å². The molecule has 0 amide bonds. The molecule has 3 heterocycles. The highest BCUT2D eigenvalue weighted by molar-refractivity contribution is 5.95. The molecule has 0 fully saturated rings. The predicted octanol–water partition coefficient (Wildman–Crippen LogP) is 2.65. The first kappa shape index (κ1) is 11.0. The molecular weight excluding hydrogens is 250 g/mol. The van der Waals surface area contributed by atoms with Gasteiger partial charge in [0.05, 0.1) is 0 Å². The van der Waals surface area contributed by atoms with E-state index in [1.54, 1.807) is 10.7 Å². The van der Waals surface area contributed by atoms with Gasteiger partial charge in [-0.2, -0.15) is 10.1 Å². The van der Waals surface area contributed by atoms with Gasteiger partial charge < -0.3 is 0 Å². The molecule has 0 saturated carbocycles. The third kappa shape index (κ3) is 1.64. The Morgan fingerprint density at radius 3 is 3.00 bits per heavy atom. The molecule has 96 valence electrons. The zero-order chi connectivity index (χ0) is 13.5. The van der Waals surface area contributed by atoms with Crippen LogP contribution in [-0.4, -0.2) is 24.6 Å². The lowest BCUT2D eigenvalue weighted by Gasteiger charge is -2.06. The van der Waals surface area contributed by atoms with Crippen molar-refractivity contribution in [3.63, 3.8) is 0 Å². The summed E-state index contributed by atoms with van der Waals surface area (Å²) in [7, 11) is 0. The van der Waals surface area contributed by atoms with E-state index in [1.807, 2.05) is 37.6 Å². The maximum atomic E-state index is 4.36. The molecule has 4 rings (SSSR count). The minimum Gasteiger partial charge on any atom is -0.264 e. The van der Waals surface area contributed by atoms with Crippen molar-refractivity contribution in [3.8, 4) is 11.1 Å². The van der Waals surface area contributed by atoms with Crippen molar-refractivity contribution in [2.75, 3.05) is 0 Å². The Morgan fingerprint density at radius 1 is 1.10 bits per heavy atom. The zero-order valence-electron chi connectivity index (χ0n) is 10.9. The van der Waals surface area contributed by atoms with Gasteiger partial charge in [-0.25, -0.2) is 9.50 Å². The molecule has 5 nitrogen and oxygen atoms in total. The fourth-order valence-electron chi connectivity index (χ4n) is 2.40. The number of aryl methyl sites for hydroxylation is 1. The van der Waals surface area contributed by atoms with Gasteiger partial charge in [0.1, 0.15) is 5.82 Å². The van der Waals surface area contributed by atoms with E-state index in [9.17, 15) is 0 Å². The Morgan fingerprint density at radius 2 is 2.05 bits per heavy atom. The number of pyridine rings is 1. The van der Waals surface area contributed by atoms with E-state index in [1.165, 1.54) is 0 Å². The lowest BCUT2D eigenvalue weighted by Crippen LogP contribution is -1.92. The standard InChI is InChI=1S/C15H11N5/c1-10-18-15-17-8-12(9-20(15)19-10)13-4-2-3-11-7-16-6-5-14(11)13/h2-9H,1H3. The average Bonchev–Trinajstić information content (AvgIpc) is 2.85. The van der Waals surface area contributed by atoms with Crippen LogP contribution in [0.2, 0.25) is 0 Å². The van der Waals surface area contributed by atoms with Gasteiger partial charge in [0.2, 0.25) is 0 Å². The number of nitrogens with zero attached hydrogens (tertiary/aromatic N) is 5. The Bertz CT molecular complexity index is 921. The first-order chi connectivity index (χ1) is 9.81. The normalized spacial score (nSPS) is 11.2. The van der Waals surface area contributed by atoms with Crippen LogP contribution in [-0.2, 0) is 0 Å². The van der Waals surface area contributed by atoms with Crippen molar-refractivity contribution in [3.05, 3.63) is 54.9 Å². The van der Waals surface area contributed by atoms with Crippen LogP contribution in [0, 0.1) is 6.92 Å². The highest BCUT2D eigenvalue weighted by atomic mass is 15.3. The predicted molar refractivity (Wildman–Crippen MR) is 76.3 cm³/mol. The van der Waals surface area contributed by atoms with Gasteiger partial charge in [0.15, 0.2) is 0 Å². The van der Waals surface area contributed by atoms with Gasteiger partial charge >= 0.3 is 0 Å². The van der Waals surface area contributed by atoms with Crippen molar-refractivity contribution in [1.82, 2.24) is 24.6 Å². The maximum Gasteiger partial charge on any atom is 0.252 e. The number of rotatable bonds is 1. The first-order valence-electron chi connectivity index (χ1n) is 6.33. The lowest BCUT2D eigenvalue weighted by atomic mass is 10.0. The summed E-state index contributed by atoms with van der Waals surface area (Å²) < 4.78 is 1.71. The fourth-order valence-corrected chi connectivity index (χ4v) is 2.40. The molecule has 0 aliphatic rings. The largest absolute Gasteiger partial charge is 0.264 e.